The number of unbranched alkanes of at least 4 members (excludes halogenated alkanes) is 4. The van der Waals surface area contributed by atoms with Crippen molar-refractivity contribution in [2.45, 2.75) is 103 Å². The predicted molar refractivity (Wildman–Crippen MR) is 401 cm³/mol. The van der Waals surface area contributed by atoms with Gasteiger partial charge >= 0.3 is 563 Å². The van der Waals surface area contributed by atoms with Crippen LogP contribution in [-0.2, 0) is 0 Å². The number of benzene rings is 8. The summed E-state index contributed by atoms with van der Waals surface area (Å²) >= 11 is -16.5. The molecule has 5 heteroatoms. The summed E-state index contributed by atoms with van der Waals surface area (Å²) < 4.78 is 27.0. The fraction of sp³-hybridized carbons (Fsp3) is 0.238. The number of allylic oxidation sites excluding steroid dienone is 16. The van der Waals surface area contributed by atoms with Crippen molar-refractivity contribution in [2.24, 2.45) is 0 Å². The topological polar surface area (TPSA) is 0 Å². The van der Waals surface area contributed by atoms with Crippen molar-refractivity contribution in [3.8, 4) is 0 Å². The monoisotopic (exact) mass is 1700 g/mol. The zero-order valence-corrected chi connectivity index (χ0v) is 66.7. The van der Waals surface area contributed by atoms with Gasteiger partial charge in [0, 0.05) is 0 Å². The predicted octanol–water partition coefficient (Wildman–Crippen LogP) is 17.6. The standard InChI is InChI=1S/8C6H5.4C5H5.4C4H8.5Sn/c8*1-2-4-6-5-3-1;4*1-2-4-5-3-1;4*1-3-4-2;;;;;/h8*1-5H;4*1-5H;4*1-4H2;;;;;. The summed E-state index contributed by atoms with van der Waals surface area (Å²) in [6.07, 6.45) is 50.5. The van der Waals surface area contributed by atoms with Crippen LogP contribution in [0.5, 0.6) is 0 Å². The zero-order chi connectivity index (χ0) is 60.3. The van der Waals surface area contributed by atoms with E-state index in [0.717, 1.165) is 0 Å². The van der Waals surface area contributed by atoms with E-state index in [1.54, 1.807) is 28.6 Å². The molecule has 0 saturated heterocycles. The molecular weight excluding hydrogens is 1600 g/mol. The van der Waals surface area contributed by atoms with Crippen molar-refractivity contribution >= 4 is 121 Å². The van der Waals surface area contributed by atoms with Crippen LogP contribution in [-0.4, -0.2) is 91.9 Å². The molecule has 0 atom stereocenters. The minimum absolute atomic E-state index is 0.531. The van der Waals surface area contributed by atoms with Gasteiger partial charge < -0.3 is 0 Å². The SMILES string of the molecule is C1=C[CH]([Sn]([CH2]CC[CH2][Sn]([CH2]CC[CH2][Sn]([c]2ccccc2)([c]2ccccc2)[CH]2C=CC=C2)([CH2]CC[CH2][Sn]([c]2ccccc2)([c]2ccccc2)[CH]2C=CC=C2)[CH2]CC[CH2][Sn]([c]2ccccc2)([c]2ccccc2)[CH]2C=CC=C2)([c]2ccccc2)[c]2ccccc2)C=C1. The molecule has 0 spiro atoms. The Morgan fingerprint density at radius 3 is 0.449 bits per heavy atom. The van der Waals surface area contributed by atoms with Gasteiger partial charge in [-0.2, -0.15) is 0 Å². The third-order valence-electron chi connectivity index (χ3n) is 21.7. The summed E-state index contributed by atoms with van der Waals surface area (Å²) in [6, 6.07) is 95.8. The molecule has 0 heterocycles. The maximum atomic E-state index is 2.59. The molecule has 0 aromatic heterocycles. The first-order chi connectivity index (χ1) is 44.1. The van der Waals surface area contributed by atoms with Crippen molar-refractivity contribution in [1.29, 1.82) is 0 Å². The quantitative estimate of drug-likeness (QED) is 0.0291. The molecule has 12 rings (SSSR count). The van der Waals surface area contributed by atoms with Crippen LogP contribution < -0.4 is 28.6 Å². The molecule has 0 bridgehead atoms. The molecule has 8 aromatic carbocycles. The first kappa shape index (κ1) is 64.8. The third kappa shape index (κ3) is 14.6. The third-order valence-corrected chi connectivity index (χ3v) is 99.4. The molecule has 0 amide bonds. The van der Waals surface area contributed by atoms with E-state index in [0.29, 0.717) is 15.7 Å². The molecule has 4 aliphatic carbocycles. The average Bonchev–Trinajstić information content (AvgIpc) is 2.83. The van der Waals surface area contributed by atoms with E-state index in [-0.39, 0.29) is 0 Å². The summed E-state index contributed by atoms with van der Waals surface area (Å²) in [6.45, 7) is 0. The Kier molecular flexibility index (Phi) is 23.3. The van der Waals surface area contributed by atoms with Gasteiger partial charge in [-0.1, -0.05) is 0 Å². The molecule has 89 heavy (non-hydrogen) atoms. The van der Waals surface area contributed by atoms with Gasteiger partial charge in [0.1, 0.15) is 0 Å². The molecule has 0 unspecified atom stereocenters. The zero-order valence-electron chi connectivity index (χ0n) is 52.5. The Labute approximate surface area is 556 Å². The Morgan fingerprint density at radius 1 is 0.169 bits per heavy atom. The Bertz CT molecular complexity index is 3000. The Morgan fingerprint density at radius 2 is 0.303 bits per heavy atom. The van der Waals surface area contributed by atoms with Crippen LogP contribution in [0.15, 0.2) is 340 Å². The van der Waals surface area contributed by atoms with Crippen LogP contribution in [0.25, 0.3) is 0 Å². The Hall–Kier alpha value is -4.33. The second kappa shape index (κ2) is 32.0. The van der Waals surface area contributed by atoms with Gasteiger partial charge in [0.25, 0.3) is 0 Å². The van der Waals surface area contributed by atoms with E-state index < -0.39 is 91.9 Å². The second-order valence-electron chi connectivity index (χ2n) is 26.3. The molecule has 0 aliphatic heterocycles. The number of rotatable bonds is 32. The van der Waals surface area contributed by atoms with Crippen LogP contribution in [0.2, 0.25) is 51.2 Å². The van der Waals surface area contributed by atoms with E-state index in [1.165, 1.54) is 86.9 Å². The van der Waals surface area contributed by atoms with Gasteiger partial charge in [0.2, 0.25) is 0 Å². The number of hydrogen-bond acceptors (Lipinski definition) is 0. The van der Waals surface area contributed by atoms with Gasteiger partial charge in [-0.3, -0.25) is 0 Å². The number of hydrogen-bond donors (Lipinski definition) is 0. The van der Waals surface area contributed by atoms with Gasteiger partial charge in [0.05, 0.1) is 0 Å². The fourth-order valence-electron chi connectivity index (χ4n) is 17.3. The first-order valence-electron chi connectivity index (χ1n) is 33.9. The van der Waals surface area contributed by atoms with Gasteiger partial charge in [-0.25, -0.2) is 0 Å². The second-order valence-corrected chi connectivity index (χ2v) is 89.3. The molecule has 0 nitrogen and oxygen atoms in total. The molecule has 0 radical (unpaired) electrons. The van der Waals surface area contributed by atoms with Crippen LogP contribution in [0.1, 0.15) is 51.4 Å². The summed E-state index contributed by atoms with van der Waals surface area (Å²) in [5, 5.41) is 0. The summed E-state index contributed by atoms with van der Waals surface area (Å²) in [5.74, 6) is 0. The van der Waals surface area contributed by atoms with Gasteiger partial charge in [-0.05, 0) is 0 Å². The van der Waals surface area contributed by atoms with Crippen molar-refractivity contribution in [2.75, 3.05) is 0 Å². The molecule has 0 N–H and O–H groups in total. The van der Waals surface area contributed by atoms with Crippen LogP contribution in [0, 0.1) is 0 Å². The van der Waals surface area contributed by atoms with Crippen LogP contribution >= 0.6 is 0 Å². The van der Waals surface area contributed by atoms with E-state index in [1.807, 2.05) is 0 Å². The van der Waals surface area contributed by atoms with E-state index >= 15 is 0 Å². The fourth-order valence-corrected chi connectivity index (χ4v) is 93.2. The van der Waals surface area contributed by atoms with Gasteiger partial charge in [-0.15, -0.1) is 0 Å². The molecular formula is C84H92Sn5. The Balaban J connectivity index is 0.907. The molecule has 0 saturated carbocycles. The molecule has 8 aromatic rings. The van der Waals surface area contributed by atoms with Crippen molar-refractivity contribution < 1.29 is 0 Å². The molecule has 4 aliphatic rings. The van der Waals surface area contributed by atoms with Crippen molar-refractivity contribution in [3.63, 3.8) is 0 Å². The summed E-state index contributed by atoms with van der Waals surface area (Å²) in [4.78, 5) is 0. The van der Waals surface area contributed by atoms with Crippen LogP contribution in [0.3, 0.4) is 0 Å². The first-order valence-corrected chi connectivity index (χ1v) is 68.1. The van der Waals surface area contributed by atoms with Crippen LogP contribution in [0.4, 0.5) is 0 Å². The normalized spacial score (nSPS) is 15.4. The van der Waals surface area contributed by atoms with Gasteiger partial charge in [0.15, 0.2) is 0 Å². The average molecular weight is 1700 g/mol. The van der Waals surface area contributed by atoms with E-state index in [4.69, 9.17) is 0 Å². The van der Waals surface area contributed by atoms with Crippen molar-refractivity contribution in [1.82, 2.24) is 0 Å². The molecule has 0 fully saturated rings. The van der Waals surface area contributed by atoms with Crippen molar-refractivity contribution in [3.05, 3.63) is 340 Å². The summed E-state index contributed by atoms with van der Waals surface area (Å²) in [5.41, 5.74) is 0. The minimum atomic E-state index is -3.36. The molecule has 448 valence electrons. The maximum absolute atomic E-state index is 3.36. The van der Waals surface area contributed by atoms with E-state index in [2.05, 4.69) is 340 Å². The van der Waals surface area contributed by atoms with E-state index in [9.17, 15) is 0 Å². The summed E-state index contributed by atoms with van der Waals surface area (Å²) in [7, 11) is 0.